The monoisotopic (exact) mass is 356 g/mol. The minimum absolute atomic E-state index is 0.164. The molecule has 0 aromatic heterocycles. The van der Waals surface area contributed by atoms with Crippen LogP contribution in [0.4, 0.5) is 0 Å². The Kier molecular flexibility index (Phi) is 7.40. The van der Waals surface area contributed by atoms with Crippen LogP contribution in [-0.2, 0) is 23.8 Å². The van der Waals surface area contributed by atoms with Gasteiger partial charge in [0.25, 0.3) is 0 Å². The Labute approximate surface area is 147 Å². The molecule has 0 aromatic rings. The number of carbonyl (C=O) groups excluding carboxylic acids is 1. The Morgan fingerprint density at radius 2 is 2.08 bits per heavy atom. The number of carboxylic acids is 1. The smallest absolute Gasteiger partial charge is 0.310 e. The molecule has 7 heteroatoms. The fourth-order valence-corrected chi connectivity index (χ4v) is 3.52. The van der Waals surface area contributed by atoms with Crippen molar-refractivity contribution < 1.29 is 34.0 Å². The molecule has 2 rings (SSSR count). The van der Waals surface area contributed by atoms with Crippen molar-refractivity contribution in [2.24, 2.45) is 11.8 Å². The SMILES string of the molecule is CCC(=O)OC(C)=C[C@@H]1[C@@H](CC(=O)O)[C@@H](O)C[C@H]1OC1CCCCO1. The number of hydrogen-bond acceptors (Lipinski definition) is 6. The van der Waals surface area contributed by atoms with E-state index in [1.165, 1.54) is 0 Å². The maximum Gasteiger partial charge on any atom is 0.310 e. The molecule has 2 N–H and O–H groups in total. The first-order valence-corrected chi connectivity index (χ1v) is 8.96. The number of esters is 1. The molecule has 1 aliphatic heterocycles. The number of aliphatic carboxylic acids is 1. The summed E-state index contributed by atoms with van der Waals surface area (Å²) in [6, 6.07) is 0. The van der Waals surface area contributed by atoms with E-state index in [0.29, 0.717) is 18.8 Å². The average molecular weight is 356 g/mol. The fraction of sp³-hybridized carbons (Fsp3) is 0.778. The fourth-order valence-electron chi connectivity index (χ4n) is 3.52. The molecule has 0 radical (unpaired) electrons. The van der Waals surface area contributed by atoms with Gasteiger partial charge in [0.2, 0.25) is 0 Å². The molecule has 1 saturated heterocycles. The summed E-state index contributed by atoms with van der Waals surface area (Å²) in [5.74, 6) is -1.75. The van der Waals surface area contributed by atoms with Crippen LogP contribution in [0.15, 0.2) is 11.8 Å². The second-order valence-electron chi connectivity index (χ2n) is 6.72. The van der Waals surface area contributed by atoms with E-state index in [-0.39, 0.29) is 37.1 Å². The van der Waals surface area contributed by atoms with Crippen molar-refractivity contribution in [1.82, 2.24) is 0 Å². The number of allylic oxidation sites excluding steroid dienone is 1. The Hall–Kier alpha value is -1.44. The number of aliphatic hydroxyl groups is 1. The van der Waals surface area contributed by atoms with Gasteiger partial charge in [-0.2, -0.15) is 0 Å². The Bertz CT molecular complexity index is 496. The lowest BCUT2D eigenvalue weighted by atomic mass is 9.90. The summed E-state index contributed by atoms with van der Waals surface area (Å²) in [4.78, 5) is 22.6. The maximum atomic E-state index is 11.5. The number of carboxylic acid groups (broad SMARTS) is 1. The summed E-state index contributed by atoms with van der Waals surface area (Å²) in [6.07, 6.45) is 3.49. The van der Waals surface area contributed by atoms with E-state index in [0.717, 1.165) is 19.3 Å². The summed E-state index contributed by atoms with van der Waals surface area (Å²) in [5, 5.41) is 19.5. The van der Waals surface area contributed by atoms with E-state index in [9.17, 15) is 14.7 Å². The minimum atomic E-state index is -0.972. The molecule has 1 aliphatic carbocycles. The van der Waals surface area contributed by atoms with Crippen LogP contribution in [0.5, 0.6) is 0 Å². The van der Waals surface area contributed by atoms with Crippen LogP contribution < -0.4 is 0 Å². The molecule has 0 bridgehead atoms. The third kappa shape index (κ3) is 5.80. The molecular weight excluding hydrogens is 328 g/mol. The van der Waals surface area contributed by atoms with Gasteiger partial charge in [-0.25, -0.2) is 0 Å². The standard InChI is InChI=1S/C18H28O7/c1-3-17(22)24-11(2)8-13-12(9-16(20)21)14(19)10-15(13)25-18-6-4-5-7-23-18/h8,12-15,18-19H,3-7,9-10H2,1-2H3,(H,20,21)/t12-,13-,14+,15-,18?/m1/s1. The summed E-state index contributed by atoms with van der Waals surface area (Å²) >= 11 is 0. The van der Waals surface area contributed by atoms with E-state index in [4.69, 9.17) is 19.3 Å². The van der Waals surface area contributed by atoms with Crippen molar-refractivity contribution in [3.63, 3.8) is 0 Å². The van der Waals surface area contributed by atoms with Gasteiger partial charge in [0.15, 0.2) is 6.29 Å². The molecule has 1 unspecified atom stereocenters. The summed E-state index contributed by atoms with van der Waals surface area (Å²) in [7, 11) is 0. The molecule has 1 heterocycles. The summed E-state index contributed by atoms with van der Waals surface area (Å²) in [6.45, 7) is 4.00. The number of ether oxygens (including phenoxy) is 3. The quantitative estimate of drug-likeness (QED) is 0.532. The van der Waals surface area contributed by atoms with Crippen molar-refractivity contribution in [3.05, 3.63) is 11.8 Å². The van der Waals surface area contributed by atoms with E-state index in [1.54, 1.807) is 19.9 Å². The molecule has 0 spiro atoms. The van der Waals surface area contributed by atoms with Gasteiger partial charge in [-0.15, -0.1) is 0 Å². The minimum Gasteiger partial charge on any atom is -0.481 e. The second-order valence-corrected chi connectivity index (χ2v) is 6.72. The Morgan fingerprint density at radius 3 is 2.68 bits per heavy atom. The number of hydrogen-bond donors (Lipinski definition) is 2. The number of aliphatic hydroxyl groups excluding tert-OH is 1. The molecule has 2 fully saturated rings. The highest BCUT2D eigenvalue weighted by Crippen LogP contribution is 2.39. The Morgan fingerprint density at radius 1 is 1.32 bits per heavy atom. The van der Waals surface area contributed by atoms with E-state index in [1.807, 2.05) is 0 Å². The summed E-state index contributed by atoms with van der Waals surface area (Å²) < 4.78 is 16.8. The first kappa shape index (κ1) is 19.9. The van der Waals surface area contributed by atoms with Crippen LogP contribution in [0, 0.1) is 11.8 Å². The van der Waals surface area contributed by atoms with E-state index < -0.39 is 18.0 Å². The first-order chi connectivity index (χ1) is 11.9. The third-order valence-corrected chi connectivity index (χ3v) is 4.76. The van der Waals surface area contributed by atoms with Gasteiger partial charge in [0, 0.05) is 31.3 Å². The van der Waals surface area contributed by atoms with E-state index >= 15 is 0 Å². The lowest BCUT2D eigenvalue weighted by molar-refractivity contribution is -0.193. The van der Waals surface area contributed by atoms with Crippen molar-refractivity contribution in [3.8, 4) is 0 Å². The highest BCUT2D eigenvalue weighted by molar-refractivity contribution is 5.70. The second kappa shape index (κ2) is 9.31. The van der Waals surface area contributed by atoms with Gasteiger partial charge in [0.1, 0.15) is 5.76 Å². The van der Waals surface area contributed by atoms with Gasteiger partial charge in [-0.3, -0.25) is 9.59 Å². The molecule has 1 saturated carbocycles. The lowest BCUT2D eigenvalue weighted by Crippen LogP contribution is -2.31. The zero-order chi connectivity index (χ0) is 18.4. The van der Waals surface area contributed by atoms with Gasteiger partial charge in [-0.1, -0.05) is 6.92 Å². The molecule has 0 aromatic carbocycles. The number of carbonyl (C=O) groups is 2. The average Bonchev–Trinajstić information content (AvgIpc) is 2.83. The van der Waals surface area contributed by atoms with Crippen LogP contribution in [0.3, 0.4) is 0 Å². The molecule has 5 atom stereocenters. The van der Waals surface area contributed by atoms with Gasteiger partial charge >= 0.3 is 11.9 Å². The zero-order valence-electron chi connectivity index (χ0n) is 14.8. The highest BCUT2D eigenvalue weighted by Gasteiger charge is 2.44. The number of rotatable bonds is 7. The van der Waals surface area contributed by atoms with Crippen LogP contribution in [0.2, 0.25) is 0 Å². The first-order valence-electron chi connectivity index (χ1n) is 8.96. The molecule has 0 amide bonds. The maximum absolute atomic E-state index is 11.5. The Balaban J connectivity index is 2.13. The largest absolute Gasteiger partial charge is 0.481 e. The van der Waals surface area contributed by atoms with E-state index in [2.05, 4.69) is 0 Å². The topological polar surface area (TPSA) is 102 Å². The highest BCUT2D eigenvalue weighted by atomic mass is 16.7. The molecular formula is C18H28O7. The van der Waals surface area contributed by atoms with Crippen molar-refractivity contribution in [2.75, 3.05) is 6.61 Å². The lowest BCUT2D eigenvalue weighted by Gasteiger charge is -2.29. The van der Waals surface area contributed by atoms with Crippen LogP contribution >= 0.6 is 0 Å². The van der Waals surface area contributed by atoms with Gasteiger partial charge < -0.3 is 24.4 Å². The molecule has 25 heavy (non-hydrogen) atoms. The molecule has 142 valence electrons. The van der Waals surface area contributed by atoms with Crippen molar-refractivity contribution >= 4 is 11.9 Å². The molecule has 7 nitrogen and oxygen atoms in total. The van der Waals surface area contributed by atoms with Crippen molar-refractivity contribution in [2.45, 2.75) is 70.9 Å². The van der Waals surface area contributed by atoms with Crippen LogP contribution in [0.1, 0.15) is 52.4 Å². The van der Waals surface area contributed by atoms with Crippen LogP contribution in [0.25, 0.3) is 0 Å². The predicted octanol–water partition coefficient (Wildman–Crippen LogP) is 2.23. The van der Waals surface area contributed by atoms with Crippen LogP contribution in [-0.4, -0.2) is 47.3 Å². The zero-order valence-corrected chi connectivity index (χ0v) is 14.8. The third-order valence-electron chi connectivity index (χ3n) is 4.76. The van der Waals surface area contributed by atoms with Gasteiger partial charge in [-0.05, 0) is 32.3 Å². The normalized spacial score (nSPS) is 33.2. The van der Waals surface area contributed by atoms with Crippen molar-refractivity contribution in [1.29, 1.82) is 0 Å². The predicted molar refractivity (Wildman–Crippen MR) is 88.5 cm³/mol. The van der Waals surface area contributed by atoms with Gasteiger partial charge in [0.05, 0.1) is 18.6 Å². The summed E-state index contributed by atoms with van der Waals surface area (Å²) in [5.41, 5.74) is 0. The molecule has 2 aliphatic rings.